The molecule has 4 aromatic rings. The zero-order chi connectivity index (χ0) is 23.5. The number of rotatable bonds is 5. The summed E-state index contributed by atoms with van der Waals surface area (Å²) < 4.78 is 14.8. The molecule has 0 saturated carbocycles. The van der Waals surface area contributed by atoms with E-state index in [2.05, 4.69) is 32.8 Å². The normalized spacial score (nSPS) is 17.2. The summed E-state index contributed by atoms with van der Waals surface area (Å²) in [4.78, 5) is 17.0. The topological polar surface area (TPSA) is 71.8 Å². The van der Waals surface area contributed by atoms with E-state index in [0.717, 1.165) is 11.1 Å². The van der Waals surface area contributed by atoms with Crippen LogP contribution in [0.2, 0.25) is 5.02 Å². The van der Waals surface area contributed by atoms with Crippen molar-refractivity contribution in [3.63, 3.8) is 0 Å². The largest absolute Gasteiger partial charge is 0.347 e. The molecule has 0 unspecified atom stereocenters. The Labute approximate surface area is 201 Å². The fraction of sp³-hybridized carbons (Fsp3) is 0.115. The van der Waals surface area contributed by atoms with E-state index in [-0.39, 0.29) is 29.8 Å². The second kappa shape index (κ2) is 9.49. The van der Waals surface area contributed by atoms with Gasteiger partial charge in [-0.25, -0.2) is 9.07 Å². The van der Waals surface area contributed by atoms with Gasteiger partial charge in [-0.3, -0.25) is 10.1 Å². The van der Waals surface area contributed by atoms with Crippen molar-refractivity contribution in [2.24, 2.45) is 0 Å². The Morgan fingerprint density at radius 2 is 1.79 bits per heavy atom. The van der Waals surface area contributed by atoms with E-state index >= 15 is 0 Å². The first-order valence-electron chi connectivity index (χ1n) is 10.8. The Morgan fingerprint density at radius 3 is 2.56 bits per heavy atom. The van der Waals surface area contributed by atoms with Gasteiger partial charge in [-0.05, 0) is 47.4 Å². The van der Waals surface area contributed by atoms with Crippen LogP contribution in [0.5, 0.6) is 0 Å². The van der Waals surface area contributed by atoms with E-state index in [1.165, 1.54) is 18.2 Å². The first-order valence-corrected chi connectivity index (χ1v) is 11.2. The van der Waals surface area contributed by atoms with E-state index in [1.54, 1.807) is 22.9 Å². The van der Waals surface area contributed by atoms with Gasteiger partial charge in [0.15, 0.2) is 0 Å². The molecule has 0 fully saturated rings. The second-order valence-electron chi connectivity index (χ2n) is 7.96. The van der Waals surface area contributed by atoms with Gasteiger partial charge in [0.2, 0.25) is 5.95 Å². The number of hydrogen-bond donors (Lipinski definition) is 2. The summed E-state index contributed by atoms with van der Waals surface area (Å²) in [6, 6.07) is 23.5. The van der Waals surface area contributed by atoms with Gasteiger partial charge in [0.25, 0.3) is 11.9 Å². The number of aromatic nitrogens is 3. The highest BCUT2D eigenvalue weighted by atomic mass is 35.5. The Morgan fingerprint density at radius 1 is 1.06 bits per heavy atom. The number of benzene rings is 3. The van der Waals surface area contributed by atoms with Gasteiger partial charge in [-0.2, -0.15) is 4.98 Å². The average Bonchev–Trinajstić information content (AvgIpc) is 3.26. The lowest BCUT2D eigenvalue weighted by Crippen LogP contribution is -2.28. The van der Waals surface area contributed by atoms with Gasteiger partial charge in [0.05, 0.1) is 12.1 Å². The first kappa shape index (κ1) is 21.9. The molecular weight excluding hydrogens is 453 g/mol. The second-order valence-corrected chi connectivity index (χ2v) is 8.37. The van der Waals surface area contributed by atoms with Crippen LogP contribution in [0.15, 0.2) is 84.9 Å². The van der Waals surface area contributed by atoms with Crippen molar-refractivity contribution < 1.29 is 9.18 Å². The molecule has 2 atom stereocenters. The third kappa shape index (κ3) is 4.70. The molecule has 1 amide bonds. The lowest BCUT2D eigenvalue weighted by molar-refractivity contribution is -0.111. The zero-order valence-corrected chi connectivity index (χ0v) is 18.8. The van der Waals surface area contributed by atoms with Crippen molar-refractivity contribution in [3.8, 4) is 0 Å². The Balaban J connectivity index is 1.42. The number of halogens is 2. The number of nitrogens with one attached hydrogen (secondary N) is 2. The predicted octanol–water partition coefficient (Wildman–Crippen LogP) is 5.87. The minimum atomic E-state index is -0.388. The Hall–Kier alpha value is -3.97. The molecule has 1 aliphatic heterocycles. The predicted molar refractivity (Wildman–Crippen MR) is 131 cm³/mol. The molecule has 0 aliphatic carbocycles. The quantitative estimate of drug-likeness (QED) is 0.356. The van der Waals surface area contributed by atoms with Crippen molar-refractivity contribution in [2.75, 3.05) is 10.6 Å². The lowest BCUT2D eigenvalue weighted by Gasteiger charge is -2.32. The SMILES string of the molecule is O=C(/C=C/c1ccc(F)cc1)Nc1nc2n(n1)[C@@H](c1ccccc1Cl)C[C@@H](c1ccccc1)N2. The average molecular weight is 474 g/mol. The lowest BCUT2D eigenvalue weighted by atomic mass is 9.93. The molecule has 1 aromatic heterocycles. The number of fused-ring (bicyclic) bond motifs is 1. The molecule has 170 valence electrons. The summed E-state index contributed by atoms with van der Waals surface area (Å²) in [5, 5.41) is 11.3. The van der Waals surface area contributed by atoms with Crippen LogP contribution in [0.1, 0.15) is 35.2 Å². The summed E-state index contributed by atoms with van der Waals surface area (Å²) >= 11 is 6.53. The van der Waals surface area contributed by atoms with Crippen molar-refractivity contribution in [2.45, 2.75) is 18.5 Å². The van der Waals surface area contributed by atoms with Crippen LogP contribution in [-0.4, -0.2) is 20.7 Å². The molecule has 0 bridgehead atoms. The summed E-state index contributed by atoms with van der Waals surface area (Å²) in [6.45, 7) is 0. The molecule has 1 aliphatic rings. The van der Waals surface area contributed by atoms with Gasteiger partial charge < -0.3 is 5.32 Å². The van der Waals surface area contributed by atoms with Crippen LogP contribution in [0.25, 0.3) is 6.08 Å². The molecule has 6 nitrogen and oxygen atoms in total. The number of carbonyl (C=O) groups is 1. The summed E-state index contributed by atoms with van der Waals surface area (Å²) in [7, 11) is 0. The van der Waals surface area contributed by atoms with Crippen molar-refractivity contribution in [3.05, 3.63) is 112 Å². The van der Waals surface area contributed by atoms with Crippen molar-refractivity contribution in [1.29, 1.82) is 0 Å². The molecule has 2 heterocycles. The van der Waals surface area contributed by atoms with Gasteiger partial charge >= 0.3 is 0 Å². The first-order chi connectivity index (χ1) is 16.6. The van der Waals surface area contributed by atoms with E-state index < -0.39 is 0 Å². The zero-order valence-electron chi connectivity index (χ0n) is 18.0. The van der Waals surface area contributed by atoms with Crippen LogP contribution >= 0.6 is 11.6 Å². The van der Waals surface area contributed by atoms with Crippen LogP contribution < -0.4 is 10.6 Å². The molecular formula is C26H21ClFN5O. The van der Waals surface area contributed by atoms with Crippen LogP contribution in [0.3, 0.4) is 0 Å². The molecule has 0 spiro atoms. The fourth-order valence-electron chi connectivity index (χ4n) is 4.04. The van der Waals surface area contributed by atoms with Crippen LogP contribution in [0.4, 0.5) is 16.3 Å². The number of anilines is 2. The standard InChI is InChI=1S/C26H21ClFN5O/c27-21-9-5-4-8-20(21)23-16-22(18-6-2-1-3-7-18)29-26-31-25(32-33(23)26)30-24(34)15-12-17-10-13-19(28)14-11-17/h1-15,22-23H,16H2,(H2,29,30,31,32,34)/b15-12+/t22-,23+/m0/s1. The summed E-state index contributed by atoms with van der Waals surface area (Å²) in [5.74, 6) is 0.00908. The smallest absolute Gasteiger partial charge is 0.250 e. The molecule has 34 heavy (non-hydrogen) atoms. The maximum atomic E-state index is 13.1. The molecule has 8 heteroatoms. The van der Waals surface area contributed by atoms with Gasteiger partial charge in [-0.1, -0.05) is 72.3 Å². The van der Waals surface area contributed by atoms with Gasteiger partial charge in [0, 0.05) is 11.1 Å². The summed E-state index contributed by atoms with van der Waals surface area (Å²) in [6.07, 6.45) is 3.67. The van der Waals surface area contributed by atoms with Crippen LogP contribution in [-0.2, 0) is 4.79 Å². The highest BCUT2D eigenvalue weighted by molar-refractivity contribution is 6.31. The maximum Gasteiger partial charge on any atom is 0.250 e. The Kier molecular flexibility index (Phi) is 6.10. The molecule has 3 aromatic carbocycles. The minimum Gasteiger partial charge on any atom is -0.347 e. The van der Waals surface area contributed by atoms with E-state index in [9.17, 15) is 9.18 Å². The fourth-order valence-corrected chi connectivity index (χ4v) is 4.30. The molecule has 5 rings (SSSR count). The molecule has 0 radical (unpaired) electrons. The highest BCUT2D eigenvalue weighted by Crippen LogP contribution is 2.40. The monoisotopic (exact) mass is 473 g/mol. The van der Waals surface area contributed by atoms with Gasteiger partial charge in [0.1, 0.15) is 5.82 Å². The number of hydrogen-bond acceptors (Lipinski definition) is 4. The third-order valence-electron chi connectivity index (χ3n) is 5.69. The van der Waals surface area contributed by atoms with Crippen molar-refractivity contribution >= 4 is 35.5 Å². The van der Waals surface area contributed by atoms with Gasteiger partial charge in [-0.15, -0.1) is 5.10 Å². The number of amides is 1. The van der Waals surface area contributed by atoms with E-state index in [4.69, 9.17) is 11.6 Å². The maximum absolute atomic E-state index is 13.1. The van der Waals surface area contributed by atoms with E-state index in [0.29, 0.717) is 23.0 Å². The Bertz CT molecular complexity index is 1340. The number of nitrogens with zero attached hydrogens (tertiary/aromatic N) is 3. The molecule has 2 N–H and O–H groups in total. The highest BCUT2D eigenvalue weighted by Gasteiger charge is 2.32. The minimum absolute atomic E-state index is 0.00102. The molecule has 0 saturated heterocycles. The van der Waals surface area contributed by atoms with E-state index in [1.807, 2.05) is 42.5 Å². The third-order valence-corrected chi connectivity index (χ3v) is 6.03. The number of carbonyl (C=O) groups excluding carboxylic acids is 1. The summed E-state index contributed by atoms with van der Waals surface area (Å²) in [5.41, 5.74) is 2.77. The van der Waals surface area contributed by atoms with Crippen LogP contribution in [0, 0.1) is 5.82 Å². The van der Waals surface area contributed by atoms with Crippen molar-refractivity contribution in [1.82, 2.24) is 14.8 Å².